The van der Waals surface area contributed by atoms with Crippen LogP contribution in [0.5, 0.6) is 0 Å². The molecule has 3 aromatic rings. The summed E-state index contributed by atoms with van der Waals surface area (Å²) in [6.45, 7) is 6.03. The Labute approximate surface area is 143 Å². The molecule has 0 aliphatic rings. The molecule has 3 rings (SSSR count). The lowest BCUT2D eigenvalue weighted by molar-refractivity contribution is 0.501. The van der Waals surface area contributed by atoms with Crippen molar-refractivity contribution in [3.63, 3.8) is 0 Å². The second-order valence-corrected chi connectivity index (χ2v) is 8.46. The van der Waals surface area contributed by atoms with Crippen molar-refractivity contribution < 1.29 is 9.46 Å². The first-order valence-corrected chi connectivity index (χ1v) is 9.62. The fourth-order valence-electron chi connectivity index (χ4n) is 2.74. The molecule has 0 aliphatic carbocycles. The molecule has 0 fully saturated rings. The average molecular weight is 336 g/mol. The van der Waals surface area contributed by atoms with Crippen LogP contribution in [0, 0.1) is 20.8 Å². The van der Waals surface area contributed by atoms with Crippen molar-refractivity contribution >= 4 is 18.0 Å². The zero-order valence-corrected chi connectivity index (χ0v) is 15.0. The van der Waals surface area contributed by atoms with Crippen LogP contribution in [0.1, 0.15) is 16.7 Å². The van der Waals surface area contributed by atoms with E-state index < -0.39 is 7.37 Å². The number of rotatable bonds is 3. The molecule has 1 N–H and O–H groups in total. The van der Waals surface area contributed by atoms with E-state index in [0.717, 1.165) is 22.3 Å². The molecule has 3 heteroatoms. The van der Waals surface area contributed by atoms with Crippen LogP contribution in [-0.4, -0.2) is 4.89 Å². The Morgan fingerprint density at radius 3 is 1.79 bits per heavy atom. The lowest BCUT2D eigenvalue weighted by Gasteiger charge is -2.15. The molecule has 24 heavy (non-hydrogen) atoms. The van der Waals surface area contributed by atoms with Crippen LogP contribution in [0.25, 0.3) is 11.1 Å². The van der Waals surface area contributed by atoms with E-state index in [1.165, 1.54) is 5.56 Å². The third-order valence-corrected chi connectivity index (χ3v) is 6.29. The molecule has 1 unspecified atom stereocenters. The summed E-state index contributed by atoms with van der Waals surface area (Å²) in [4.78, 5) is 10.7. The highest BCUT2D eigenvalue weighted by atomic mass is 31.2. The SMILES string of the molecule is Cc1ccc(-c2cc(P(=O)(O)c3ccc(C)cc3)ccc2C)cc1. The van der Waals surface area contributed by atoms with Crippen molar-refractivity contribution in [1.82, 2.24) is 0 Å². The molecule has 0 saturated heterocycles. The van der Waals surface area contributed by atoms with Crippen molar-refractivity contribution in [2.45, 2.75) is 20.8 Å². The summed E-state index contributed by atoms with van der Waals surface area (Å²) < 4.78 is 13.0. The predicted octanol–water partition coefficient (Wildman–Crippen LogP) is 4.50. The van der Waals surface area contributed by atoms with Gasteiger partial charge in [0.2, 0.25) is 0 Å². The summed E-state index contributed by atoms with van der Waals surface area (Å²) in [6.07, 6.45) is 0. The summed E-state index contributed by atoms with van der Waals surface area (Å²) in [6, 6.07) is 20.9. The Kier molecular flexibility index (Phi) is 4.45. The highest BCUT2D eigenvalue weighted by Crippen LogP contribution is 2.39. The minimum Gasteiger partial charge on any atom is -0.338 e. The number of hydrogen-bond donors (Lipinski definition) is 1. The van der Waals surface area contributed by atoms with E-state index in [2.05, 4.69) is 24.3 Å². The first-order chi connectivity index (χ1) is 11.4. The number of benzene rings is 3. The molecule has 0 spiro atoms. The van der Waals surface area contributed by atoms with Gasteiger partial charge in [-0.2, -0.15) is 0 Å². The molecule has 1 atom stereocenters. The molecule has 0 heterocycles. The number of aryl methyl sites for hydroxylation is 3. The van der Waals surface area contributed by atoms with Crippen LogP contribution in [0.15, 0.2) is 66.7 Å². The zero-order chi connectivity index (χ0) is 17.3. The van der Waals surface area contributed by atoms with Gasteiger partial charge in [0.05, 0.1) is 0 Å². The lowest BCUT2D eigenvalue weighted by atomic mass is 10.00. The molecule has 0 amide bonds. The zero-order valence-electron chi connectivity index (χ0n) is 14.2. The highest BCUT2D eigenvalue weighted by molar-refractivity contribution is 7.73. The minimum atomic E-state index is -3.59. The van der Waals surface area contributed by atoms with Crippen LogP contribution in [0.3, 0.4) is 0 Å². The summed E-state index contributed by atoms with van der Waals surface area (Å²) in [5.41, 5.74) is 5.41. The van der Waals surface area contributed by atoms with Gasteiger partial charge in [0.1, 0.15) is 0 Å². The van der Waals surface area contributed by atoms with Crippen LogP contribution >= 0.6 is 7.37 Å². The quantitative estimate of drug-likeness (QED) is 0.715. The maximum atomic E-state index is 13.0. The molecule has 0 radical (unpaired) electrons. The van der Waals surface area contributed by atoms with E-state index in [1.54, 1.807) is 18.2 Å². The Bertz CT molecular complexity index is 910. The van der Waals surface area contributed by atoms with Crippen molar-refractivity contribution in [3.8, 4) is 11.1 Å². The Hall–Kier alpha value is -2.15. The van der Waals surface area contributed by atoms with Gasteiger partial charge >= 0.3 is 0 Å². The highest BCUT2D eigenvalue weighted by Gasteiger charge is 2.24. The summed E-state index contributed by atoms with van der Waals surface area (Å²) in [5, 5.41) is 0.930. The van der Waals surface area contributed by atoms with Crippen LogP contribution in [0.2, 0.25) is 0 Å². The predicted molar refractivity (Wildman–Crippen MR) is 102 cm³/mol. The fourth-order valence-corrected chi connectivity index (χ4v) is 4.17. The third kappa shape index (κ3) is 3.21. The fraction of sp³-hybridized carbons (Fsp3) is 0.143. The summed E-state index contributed by atoms with van der Waals surface area (Å²) in [5.74, 6) is 0. The Morgan fingerprint density at radius 2 is 1.21 bits per heavy atom. The maximum absolute atomic E-state index is 13.0. The van der Waals surface area contributed by atoms with Gasteiger partial charge in [-0.25, -0.2) is 0 Å². The van der Waals surface area contributed by atoms with Gasteiger partial charge < -0.3 is 4.89 Å². The molecule has 0 saturated carbocycles. The van der Waals surface area contributed by atoms with Gasteiger partial charge in [-0.1, -0.05) is 53.6 Å². The van der Waals surface area contributed by atoms with Gasteiger partial charge in [-0.3, -0.25) is 4.57 Å². The van der Waals surface area contributed by atoms with E-state index >= 15 is 0 Å². The van der Waals surface area contributed by atoms with Gasteiger partial charge in [0.15, 0.2) is 0 Å². The van der Waals surface area contributed by atoms with Crippen molar-refractivity contribution in [2.24, 2.45) is 0 Å². The third-order valence-electron chi connectivity index (χ3n) is 4.32. The monoisotopic (exact) mass is 336 g/mol. The molecule has 0 bridgehead atoms. The van der Waals surface area contributed by atoms with E-state index in [-0.39, 0.29) is 0 Å². The number of hydrogen-bond acceptors (Lipinski definition) is 1. The first-order valence-electron chi connectivity index (χ1n) is 7.96. The van der Waals surface area contributed by atoms with Crippen molar-refractivity contribution in [2.75, 3.05) is 0 Å². The molecular formula is C21H21O2P. The maximum Gasteiger partial charge on any atom is 0.258 e. The van der Waals surface area contributed by atoms with Gasteiger partial charge in [0, 0.05) is 10.6 Å². The summed E-state index contributed by atoms with van der Waals surface area (Å²) in [7, 11) is -3.59. The van der Waals surface area contributed by atoms with E-state index in [1.807, 2.05) is 45.0 Å². The molecule has 0 aliphatic heterocycles. The largest absolute Gasteiger partial charge is 0.338 e. The van der Waals surface area contributed by atoms with Crippen LogP contribution in [-0.2, 0) is 4.57 Å². The molecule has 2 nitrogen and oxygen atoms in total. The van der Waals surface area contributed by atoms with E-state index in [4.69, 9.17) is 0 Å². The van der Waals surface area contributed by atoms with Crippen LogP contribution in [0.4, 0.5) is 0 Å². The molecule has 0 aromatic heterocycles. The normalized spacial score (nSPS) is 13.5. The topological polar surface area (TPSA) is 37.3 Å². The van der Waals surface area contributed by atoms with Crippen molar-refractivity contribution in [3.05, 3.63) is 83.4 Å². The van der Waals surface area contributed by atoms with Crippen LogP contribution < -0.4 is 10.6 Å². The van der Waals surface area contributed by atoms with E-state index in [0.29, 0.717) is 10.6 Å². The van der Waals surface area contributed by atoms with E-state index in [9.17, 15) is 9.46 Å². The lowest BCUT2D eigenvalue weighted by Crippen LogP contribution is -2.16. The smallest absolute Gasteiger partial charge is 0.258 e. The standard InChI is InChI=1S/C21H21O2P/c1-15-4-9-18(10-5-15)21-14-20(13-8-17(21)3)24(22,23)19-11-6-16(2)7-12-19/h4-14H,1-3H3,(H,22,23). The van der Waals surface area contributed by atoms with Gasteiger partial charge in [0.25, 0.3) is 7.37 Å². The second-order valence-electron chi connectivity index (χ2n) is 6.28. The Balaban J connectivity index is 2.09. The molecule has 122 valence electrons. The summed E-state index contributed by atoms with van der Waals surface area (Å²) >= 11 is 0. The Morgan fingerprint density at radius 1 is 0.708 bits per heavy atom. The van der Waals surface area contributed by atoms with Crippen molar-refractivity contribution in [1.29, 1.82) is 0 Å². The van der Waals surface area contributed by atoms with Gasteiger partial charge in [-0.05, 0) is 61.7 Å². The minimum absolute atomic E-state index is 0.465. The average Bonchev–Trinajstić information content (AvgIpc) is 2.56. The molecular weight excluding hydrogens is 315 g/mol. The first kappa shape index (κ1) is 16.7. The second kappa shape index (κ2) is 6.39. The van der Waals surface area contributed by atoms with Gasteiger partial charge in [-0.15, -0.1) is 0 Å². The molecule has 3 aromatic carbocycles.